The number of ether oxygens (including phenoxy) is 1. The summed E-state index contributed by atoms with van der Waals surface area (Å²) < 4.78 is 5.40. The summed E-state index contributed by atoms with van der Waals surface area (Å²) in [4.78, 5) is 0. The number of benzene rings is 1. The number of hydrogen-bond donors (Lipinski definition) is 2. The van der Waals surface area contributed by atoms with Gasteiger partial charge in [0.15, 0.2) is 0 Å². The van der Waals surface area contributed by atoms with Gasteiger partial charge in [-0.2, -0.15) is 0 Å². The average molecular weight is 304 g/mol. The van der Waals surface area contributed by atoms with Crippen LogP contribution < -0.4 is 5.32 Å². The predicted octanol–water partition coefficient (Wildman–Crippen LogP) is 2.67. The first-order chi connectivity index (χ1) is 8.96. The van der Waals surface area contributed by atoms with E-state index in [-0.39, 0.29) is 6.04 Å². The molecule has 1 fully saturated rings. The van der Waals surface area contributed by atoms with Gasteiger partial charge in [-0.05, 0) is 37.1 Å². The van der Waals surface area contributed by atoms with E-state index in [9.17, 15) is 5.11 Å². The normalized spacial score (nSPS) is 23.1. The molecule has 1 aromatic rings. The Morgan fingerprint density at radius 2 is 2.26 bits per heavy atom. The molecule has 0 radical (unpaired) electrons. The van der Waals surface area contributed by atoms with Gasteiger partial charge >= 0.3 is 0 Å². The smallest absolute Gasteiger partial charge is 0.0676 e. The van der Waals surface area contributed by atoms with E-state index in [2.05, 4.69) is 5.32 Å². The third kappa shape index (κ3) is 4.62. The number of morpholine rings is 1. The van der Waals surface area contributed by atoms with Crippen LogP contribution in [-0.2, 0) is 11.2 Å². The van der Waals surface area contributed by atoms with Crippen LogP contribution in [0.15, 0.2) is 18.2 Å². The van der Waals surface area contributed by atoms with Crippen LogP contribution >= 0.6 is 23.2 Å². The fraction of sp³-hybridized carbons (Fsp3) is 0.571. The minimum atomic E-state index is -0.841. The molecule has 106 valence electrons. The fourth-order valence-electron chi connectivity index (χ4n) is 2.44. The Kier molecular flexibility index (Phi) is 5.09. The van der Waals surface area contributed by atoms with Crippen molar-refractivity contribution in [3.63, 3.8) is 0 Å². The topological polar surface area (TPSA) is 41.5 Å². The van der Waals surface area contributed by atoms with Crippen molar-refractivity contribution < 1.29 is 9.84 Å². The van der Waals surface area contributed by atoms with E-state index in [1.807, 2.05) is 13.0 Å². The van der Waals surface area contributed by atoms with Gasteiger partial charge in [0.1, 0.15) is 0 Å². The van der Waals surface area contributed by atoms with Crippen LogP contribution in [0.5, 0.6) is 0 Å². The first-order valence-corrected chi connectivity index (χ1v) is 7.19. The first-order valence-electron chi connectivity index (χ1n) is 6.44. The van der Waals surface area contributed by atoms with Crippen molar-refractivity contribution in [2.24, 2.45) is 0 Å². The Hall–Kier alpha value is -0.320. The molecule has 19 heavy (non-hydrogen) atoms. The molecule has 0 spiro atoms. The van der Waals surface area contributed by atoms with Crippen LogP contribution in [0.2, 0.25) is 10.0 Å². The molecule has 5 heteroatoms. The minimum absolute atomic E-state index is 0.182. The molecule has 2 N–H and O–H groups in total. The zero-order valence-electron chi connectivity index (χ0n) is 11.0. The standard InChI is InChI=1S/C14H19Cl2NO2/c1-14(18,8-12-9-19-5-4-17-12)7-10-6-11(15)2-3-13(10)16/h2-3,6,12,17-18H,4-5,7-9H2,1H3. The summed E-state index contributed by atoms with van der Waals surface area (Å²) in [5, 5.41) is 15.2. The Balaban J connectivity index is 2.00. The van der Waals surface area contributed by atoms with Crippen molar-refractivity contribution in [2.75, 3.05) is 19.8 Å². The highest BCUT2D eigenvalue weighted by Crippen LogP contribution is 2.27. The lowest BCUT2D eigenvalue weighted by Gasteiger charge is -2.31. The second-order valence-corrected chi connectivity index (χ2v) is 6.18. The molecule has 0 saturated carbocycles. The third-order valence-corrected chi connectivity index (χ3v) is 3.87. The Bertz CT molecular complexity index is 431. The van der Waals surface area contributed by atoms with Gasteiger partial charge in [-0.15, -0.1) is 0 Å². The molecule has 1 aromatic carbocycles. The summed E-state index contributed by atoms with van der Waals surface area (Å²) in [5.41, 5.74) is 0.0306. The van der Waals surface area contributed by atoms with E-state index in [1.165, 1.54) is 0 Å². The van der Waals surface area contributed by atoms with E-state index < -0.39 is 5.60 Å². The Labute approximate surface area is 123 Å². The van der Waals surface area contributed by atoms with Gasteiger partial charge in [-0.25, -0.2) is 0 Å². The van der Waals surface area contributed by atoms with E-state index in [0.717, 1.165) is 18.7 Å². The summed E-state index contributed by atoms with van der Waals surface area (Å²) in [6.45, 7) is 4.03. The van der Waals surface area contributed by atoms with Gasteiger partial charge in [0, 0.05) is 29.1 Å². The molecule has 1 aliphatic heterocycles. The average Bonchev–Trinajstić information content (AvgIpc) is 2.34. The molecule has 1 aliphatic rings. The van der Waals surface area contributed by atoms with Gasteiger partial charge in [0.05, 0.1) is 18.8 Å². The van der Waals surface area contributed by atoms with Crippen LogP contribution in [0.1, 0.15) is 18.9 Å². The number of nitrogens with one attached hydrogen (secondary N) is 1. The Morgan fingerprint density at radius 3 is 2.95 bits per heavy atom. The van der Waals surface area contributed by atoms with Crippen LogP contribution in [0.25, 0.3) is 0 Å². The minimum Gasteiger partial charge on any atom is -0.390 e. The highest BCUT2D eigenvalue weighted by Gasteiger charge is 2.27. The maximum atomic E-state index is 10.5. The van der Waals surface area contributed by atoms with Gasteiger partial charge in [-0.3, -0.25) is 0 Å². The monoisotopic (exact) mass is 303 g/mol. The van der Waals surface area contributed by atoms with Crippen LogP contribution in [0.3, 0.4) is 0 Å². The molecular formula is C14H19Cl2NO2. The summed E-state index contributed by atoms with van der Waals surface area (Å²) in [7, 11) is 0. The molecule has 2 rings (SSSR count). The zero-order chi connectivity index (χ0) is 13.9. The highest BCUT2D eigenvalue weighted by molar-refractivity contribution is 6.33. The van der Waals surface area contributed by atoms with Crippen LogP contribution in [0.4, 0.5) is 0 Å². The molecular weight excluding hydrogens is 285 g/mol. The van der Waals surface area contributed by atoms with Crippen LogP contribution in [-0.4, -0.2) is 36.5 Å². The van der Waals surface area contributed by atoms with Gasteiger partial charge < -0.3 is 15.2 Å². The molecule has 1 saturated heterocycles. The van der Waals surface area contributed by atoms with Crippen molar-refractivity contribution in [1.82, 2.24) is 5.32 Å². The molecule has 0 aliphatic carbocycles. The lowest BCUT2D eigenvalue weighted by atomic mass is 9.89. The first kappa shape index (κ1) is 15.1. The maximum Gasteiger partial charge on any atom is 0.0676 e. The third-order valence-electron chi connectivity index (χ3n) is 3.26. The molecule has 3 nitrogen and oxygen atoms in total. The van der Waals surface area contributed by atoms with E-state index in [4.69, 9.17) is 27.9 Å². The fourth-order valence-corrected chi connectivity index (χ4v) is 2.82. The van der Waals surface area contributed by atoms with Crippen molar-refractivity contribution >= 4 is 23.2 Å². The van der Waals surface area contributed by atoms with Gasteiger partial charge in [0.25, 0.3) is 0 Å². The van der Waals surface area contributed by atoms with Gasteiger partial charge in [-0.1, -0.05) is 23.2 Å². The lowest BCUT2D eigenvalue weighted by molar-refractivity contribution is 0.00652. The summed E-state index contributed by atoms with van der Waals surface area (Å²) in [6.07, 6.45) is 1.10. The summed E-state index contributed by atoms with van der Waals surface area (Å²) >= 11 is 12.1. The zero-order valence-corrected chi connectivity index (χ0v) is 12.5. The number of aliphatic hydroxyl groups is 1. The quantitative estimate of drug-likeness (QED) is 0.898. The second-order valence-electron chi connectivity index (χ2n) is 5.34. The Morgan fingerprint density at radius 1 is 1.47 bits per heavy atom. The largest absolute Gasteiger partial charge is 0.390 e. The molecule has 2 unspecified atom stereocenters. The highest BCUT2D eigenvalue weighted by atomic mass is 35.5. The van der Waals surface area contributed by atoms with E-state index in [0.29, 0.717) is 29.5 Å². The van der Waals surface area contributed by atoms with E-state index >= 15 is 0 Å². The number of halogens is 2. The molecule has 0 amide bonds. The van der Waals surface area contributed by atoms with Crippen molar-refractivity contribution in [3.8, 4) is 0 Å². The molecule has 0 aromatic heterocycles. The number of rotatable bonds is 4. The lowest BCUT2D eigenvalue weighted by Crippen LogP contribution is -2.46. The van der Waals surface area contributed by atoms with Gasteiger partial charge in [0.2, 0.25) is 0 Å². The molecule has 0 bridgehead atoms. The van der Waals surface area contributed by atoms with Crippen molar-refractivity contribution in [3.05, 3.63) is 33.8 Å². The SMILES string of the molecule is CC(O)(Cc1cc(Cl)ccc1Cl)CC1COCCN1. The van der Waals surface area contributed by atoms with E-state index in [1.54, 1.807) is 12.1 Å². The second kappa shape index (κ2) is 6.42. The van der Waals surface area contributed by atoms with Crippen molar-refractivity contribution in [1.29, 1.82) is 0 Å². The predicted molar refractivity (Wildman–Crippen MR) is 78.0 cm³/mol. The van der Waals surface area contributed by atoms with Crippen molar-refractivity contribution in [2.45, 2.75) is 31.4 Å². The number of hydrogen-bond acceptors (Lipinski definition) is 3. The summed E-state index contributed by atoms with van der Waals surface area (Å²) in [6, 6.07) is 5.50. The molecule has 1 heterocycles. The van der Waals surface area contributed by atoms with Crippen LogP contribution in [0, 0.1) is 0 Å². The summed E-state index contributed by atoms with van der Waals surface area (Å²) in [5.74, 6) is 0. The maximum absolute atomic E-state index is 10.5. The molecule has 2 atom stereocenters.